The van der Waals surface area contributed by atoms with E-state index in [1.807, 2.05) is 0 Å². The summed E-state index contributed by atoms with van der Waals surface area (Å²) in [5, 5.41) is 14.6. The second kappa shape index (κ2) is 6.16. The standard InChI is InChI=1S/C13H17ClN2O2/c14-12-5-2-6-13(16(17)18)11(12)9-15-8-7-10-3-1-4-10/h2,5-6,10,15H,1,3-4,7-9H2. The minimum Gasteiger partial charge on any atom is -0.312 e. The zero-order valence-electron chi connectivity index (χ0n) is 10.2. The lowest BCUT2D eigenvalue weighted by molar-refractivity contribution is -0.385. The number of hydrogen-bond donors (Lipinski definition) is 1. The van der Waals surface area contributed by atoms with Crippen LogP contribution in [0.2, 0.25) is 5.02 Å². The van der Waals surface area contributed by atoms with Gasteiger partial charge < -0.3 is 5.32 Å². The molecule has 98 valence electrons. The van der Waals surface area contributed by atoms with Crippen molar-refractivity contribution in [3.8, 4) is 0 Å². The van der Waals surface area contributed by atoms with Crippen molar-refractivity contribution in [2.75, 3.05) is 6.54 Å². The lowest BCUT2D eigenvalue weighted by Gasteiger charge is -2.25. The average molecular weight is 269 g/mol. The molecule has 1 aromatic carbocycles. The predicted molar refractivity (Wildman–Crippen MR) is 71.8 cm³/mol. The summed E-state index contributed by atoms with van der Waals surface area (Å²) in [7, 11) is 0. The lowest BCUT2D eigenvalue weighted by Crippen LogP contribution is -2.21. The van der Waals surface area contributed by atoms with Gasteiger partial charge in [0.25, 0.3) is 5.69 Å². The van der Waals surface area contributed by atoms with Crippen molar-refractivity contribution >= 4 is 17.3 Å². The van der Waals surface area contributed by atoms with Gasteiger partial charge in [0.05, 0.1) is 15.5 Å². The molecule has 1 N–H and O–H groups in total. The molecule has 18 heavy (non-hydrogen) atoms. The van der Waals surface area contributed by atoms with E-state index in [0.29, 0.717) is 17.1 Å². The zero-order valence-corrected chi connectivity index (χ0v) is 10.9. The maximum absolute atomic E-state index is 10.9. The highest BCUT2D eigenvalue weighted by Crippen LogP contribution is 2.29. The quantitative estimate of drug-likeness (QED) is 0.488. The van der Waals surface area contributed by atoms with Gasteiger partial charge in [-0.2, -0.15) is 0 Å². The third-order valence-electron chi connectivity index (χ3n) is 3.55. The highest BCUT2D eigenvalue weighted by Gasteiger charge is 2.18. The highest BCUT2D eigenvalue weighted by atomic mass is 35.5. The van der Waals surface area contributed by atoms with Crippen molar-refractivity contribution in [1.82, 2.24) is 5.32 Å². The normalized spacial score (nSPS) is 15.4. The number of hydrogen-bond acceptors (Lipinski definition) is 3. The zero-order chi connectivity index (χ0) is 13.0. The summed E-state index contributed by atoms with van der Waals surface area (Å²) in [5.74, 6) is 0.846. The van der Waals surface area contributed by atoms with E-state index in [9.17, 15) is 10.1 Å². The van der Waals surface area contributed by atoms with Crippen LogP contribution in [0, 0.1) is 16.0 Å². The van der Waals surface area contributed by atoms with E-state index < -0.39 is 0 Å². The number of halogens is 1. The van der Waals surface area contributed by atoms with Gasteiger partial charge in [0.2, 0.25) is 0 Å². The molecule has 0 atom stereocenters. The van der Waals surface area contributed by atoms with Crippen molar-refractivity contribution in [3.05, 3.63) is 38.9 Å². The Bertz CT molecular complexity index is 433. The molecule has 0 unspecified atom stereocenters. The second-order valence-corrected chi connectivity index (χ2v) is 5.16. The summed E-state index contributed by atoms with van der Waals surface area (Å²) >= 11 is 6.01. The van der Waals surface area contributed by atoms with Gasteiger partial charge in [-0.25, -0.2) is 0 Å². The molecular formula is C13H17ClN2O2. The van der Waals surface area contributed by atoms with Gasteiger partial charge in [0.1, 0.15) is 0 Å². The first-order valence-electron chi connectivity index (χ1n) is 6.31. The summed E-state index contributed by atoms with van der Waals surface area (Å²) in [6, 6.07) is 4.80. The van der Waals surface area contributed by atoms with E-state index >= 15 is 0 Å². The molecule has 2 rings (SSSR count). The molecule has 1 aliphatic carbocycles. The minimum atomic E-state index is -0.380. The van der Waals surface area contributed by atoms with Crippen LogP contribution in [-0.4, -0.2) is 11.5 Å². The largest absolute Gasteiger partial charge is 0.312 e. The Labute approximate surface area is 111 Å². The molecule has 1 aromatic rings. The second-order valence-electron chi connectivity index (χ2n) is 4.76. The van der Waals surface area contributed by atoms with Crippen LogP contribution in [0.25, 0.3) is 0 Å². The molecule has 0 heterocycles. The lowest BCUT2D eigenvalue weighted by atomic mass is 9.83. The Morgan fingerprint density at radius 2 is 2.22 bits per heavy atom. The summed E-state index contributed by atoms with van der Waals surface area (Å²) in [6.07, 6.45) is 5.15. The third kappa shape index (κ3) is 3.21. The third-order valence-corrected chi connectivity index (χ3v) is 3.90. The summed E-state index contributed by atoms with van der Waals surface area (Å²) in [6.45, 7) is 1.36. The van der Waals surface area contributed by atoms with Crippen LogP contribution in [-0.2, 0) is 6.54 Å². The smallest absolute Gasteiger partial charge is 0.275 e. The molecule has 0 amide bonds. The van der Waals surface area contributed by atoms with Gasteiger partial charge in [-0.05, 0) is 24.9 Å². The van der Waals surface area contributed by atoms with Gasteiger partial charge >= 0.3 is 0 Å². The van der Waals surface area contributed by atoms with Crippen LogP contribution in [0.5, 0.6) is 0 Å². The Morgan fingerprint density at radius 1 is 1.44 bits per heavy atom. The predicted octanol–water partition coefficient (Wildman–Crippen LogP) is 3.53. The van der Waals surface area contributed by atoms with Crippen LogP contribution in [0.3, 0.4) is 0 Å². The van der Waals surface area contributed by atoms with E-state index in [-0.39, 0.29) is 10.6 Å². The Morgan fingerprint density at radius 3 is 2.83 bits per heavy atom. The van der Waals surface area contributed by atoms with Gasteiger partial charge in [0.15, 0.2) is 0 Å². The van der Waals surface area contributed by atoms with Crippen molar-refractivity contribution in [2.24, 2.45) is 5.92 Å². The fourth-order valence-corrected chi connectivity index (χ4v) is 2.43. The molecule has 5 heteroatoms. The summed E-state index contributed by atoms with van der Waals surface area (Å²) in [5.41, 5.74) is 0.677. The molecule has 1 aliphatic rings. The van der Waals surface area contributed by atoms with E-state index in [2.05, 4.69) is 5.32 Å². The molecule has 1 saturated carbocycles. The van der Waals surface area contributed by atoms with E-state index in [4.69, 9.17) is 11.6 Å². The van der Waals surface area contributed by atoms with Crippen molar-refractivity contribution in [2.45, 2.75) is 32.2 Å². The van der Waals surface area contributed by atoms with E-state index in [0.717, 1.165) is 18.9 Å². The highest BCUT2D eigenvalue weighted by molar-refractivity contribution is 6.31. The van der Waals surface area contributed by atoms with Crippen LogP contribution < -0.4 is 5.32 Å². The van der Waals surface area contributed by atoms with Crippen molar-refractivity contribution < 1.29 is 4.92 Å². The molecule has 1 fully saturated rings. The Kier molecular flexibility index (Phi) is 4.55. The van der Waals surface area contributed by atoms with Crippen LogP contribution >= 0.6 is 11.6 Å². The molecule has 0 saturated heterocycles. The molecular weight excluding hydrogens is 252 g/mol. The Balaban J connectivity index is 1.88. The minimum absolute atomic E-state index is 0.0960. The van der Waals surface area contributed by atoms with Gasteiger partial charge in [-0.1, -0.05) is 36.9 Å². The molecule has 0 aromatic heterocycles. The van der Waals surface area contributed by atoms with Crippen molar-refractivity contribution in [3.63, 3.8) is 0 Å². The maximum Gasteiger partial charge on any atom is 0.275 e. The number of nitro groups is 1. The fraction of sp³-hybridized carbons (Fsp3) is 0.538. The fourth-order valence-electron chi connectivity index (χ4n) is 2.19. The Hall–Kier alpha value is -1.13. The average Bonchev–Trinajstić information content (AvgIpc) is 2.27. The summed E-state index contributed by atoms with van der Waals surface area (Å²) < 4.78 is 0. The van der Waals surface area contributed by atoms with E-state index in [1.165, 1.54) is 25.3 Å². The van der Waals surface area contributed by atoms with Gasteiger partial charge in [0, 0.05) is 12.6 Å². The number of nitrogens with zero attached hydrogens (tertiary/aromatic N) is 1. The van der Waals surface area contributed by atoms with Crippen LogP contribution in [0.15, 0.2) is 18.2 Å². The van der Waals surface area contributed by atoms with Crippen LogP contribution in [0.4, 0.5) is 5.69 Å². The van der Waals surface area contributed by atoms with Crippen LogP contribution in [0.1, 0.15) is 31.2 Å². The number of nitro benzene ring substituents is 1. The topological polar surface area (TPSA) is 55.2 Å². The number of nitrogens with one attached hydrogen (secondary N) is 1. The molecule has 4 nitrogen and oxygen atoms in total. The molecule has 0 radical (unpaired) electrons. The first-order valence-corrected chi connectivity index (χ1v) is 6.69. The summed E-state index contributed by atoms with van der Waals surface area (Å²) in [4.78, 5) is 10.5. The molecule has 0 aliphatic heterocycles. The maximum atomic E-state index is 10.9. The number of benzene rings is 1. The first-order chi connectivity index (χ1) is 8.68. The van der Waals surface area contributed by atoms with Gasteiger partial charge in [-0.15, -0.1) is 0 Å². The monoisotopic (exact) mass is 268 g/mol. The number of rotatable bonds is 6. The van der Waals surface area contributed by atoms with Crippen molar-refractivity contribution in [1.29, 1.82) is 0 Å². The van der Waals surface area contributed by atoms with E-state index in [1.54, 1.807) is 12.1 Å². The first kappa shape index (κ1) is 13.3. The SMILES string of the molecule is O=[N+]([O-])c1cccc(Cl)c1CNCCC1CCC1. The van der Waals surface area contributed by atoms with Gasteiger partial charge in [-0.3, -0.25) is 10.1 Å². The molecule has 0 bridgehead atoms. The molecule has 0 spiro atoms.